The molecule has 2 aliphatic rings. The van der Waals surface area contributed by atoms with Crippen LogP contribution in [0.5, 0.6) is 0 Å². The van der Waals surface area contributed by atoms with E-state index in [-0.39, 0.29) is 0 Å². The van der Waals surface area contributed by atoms with Crippen LogP contribution < -0.4 is 0 Å². The van der Waals surface area contributed by atoms with Gasteiger partial charge in [0.05, 0.1) is 21.3 Å². The van der Waals surface area contributed by atoms with Crippen LogP contribution in [0.15, 0.2) is 107 Å². The minimum Gasteiger partial charge on any atom is -0.299 e. The van der Waals surface area contributed by atoms with Crippen molar-refractivity contribution in [3.63, 3.8) is 0 Å². The van der Waals surface area contributed by atoms with Gasteiger partial charge in [0.15, 0.2) is 15.5 Å². The number of sulfone groups is 1. The molecule has 7 nitrogen and oxygen atoms in total. The quantitative estimate of drug-likeness (QED) is 0.254. The molecule has 0 amide bonds. The SMILES string of the molecule is C=C(Cc1cccnc1)c1cc(C2CCN(CC3=CC=C[C@@H]3S(=O)(=O)c3ccccc3)CC2)nc2c(Br)cnn12. The Balaban J connectivity index is 1.16. The lowest BCUT2D eigenvalue weighted by Crippen LogP contribution is -2.37. The monoisotopic (exact) mass is 615 g/mol. The number of fused-ring (bicyclic) bond motifs is 1. The Kier molecular flexibility index (Phi) is 7.53. The molecule has 3 aromatic heterocycles. The molecule has 0 spiro atoms. The molecule has 0 saturated carbocycles. The predicted octanol–water partition coefficient (Wildman–Crippen LogP) is 5.66. The van der Waals surface area contributed by atoms with Crippen molar-refractivity contribution < 1.29 is 8.42 Å². The van der Waals surface area contributed by atoms with Gasteiger partial charge in [-0.1, -0.05) is 49.1 Å². The lowest BCUT2D eigenvalue weighted by molar-refractivity contribution is 0.226. The zero-order chi connectivity index (χ0) is 27.7. The highest BCUT2D eigenvalue weighted by Gasteiger charge is 2.32. The summed E-state index contributed by atoms with van der Waals surface area (Å²) in [7, 11) is -3.46. The van der Waals surface area contributed by atoms with Gasteiger partial charge in [0, 0.05) is 37.0 Å². The van der Waals surface area contributed by atoms with E-state index in [1.54, 1.807) is 42.7 Å². The van der Waals surface area contributed by atoms with Crippen LogP contribution in [0.3, 0.4) is 0 Å². The third-order valence-electron chi connectivity index (χ3n) is 7.73. The van der Waals surface area contributed by atoms with Crippen molar-refractivity contribution in [2.45, 2.75) is 35.3 Å². The number of pyridine rings is 1. The number of halogens is 1. The number of likely N-dealkylation sites (tertiary alicyclic amines) is 1. The number of benzene rings is 1. The van der Waals surface area contributed by atoms with E-state index in [2.05, 4.69) is 49.6 Å². The molecule has 204 valence electrons. The Labute approximate surface area is 243 Å². The molecule has 4 heterocycles. The normalized spacial score (nSPS) is 18.3. The molecule has 40 heavy (non-hydrogen) atoms. The highest BCUT2D eigenvalue weighted by Crippen LogP contribution is 2.33. The van der Waals surface area contributed by atoms with E-state index in [1.807, 2.05) is 35.0 Å². The molecule has 0 N–H and O–H groups in total. The molecule has 6 rings (SSSR count). The van der Waals surface area contributed by atoms with Crippen LogP contribution in [-0.2, 0) is 16.3 Å². The first-order chi connectivity index (χ1) is 19.4. The van der Waals surface area contributed by atoms with Crippen LogP contribution in [-0.4, -0.2) is 57.8 Å². The van der Waals surface area contributed by atoms with Gasteiger partial charge in [-0.15, -0.1) is 0 Å². The van der Waals surface area contributed by atoms with E-state index in [1.165, 1.54) is 0 Å². The van der Waals surface area contributed by atoms with Gasteiger partial charge in [-0.25, -0.2) is 17.9 Å². The second-order valence-corrected chi connectivity index (χ2v) is 13.3. The van der Waals surface area contributed by atoms with E-state index < -0.39 is 15.1 Å². The molecular weight excluding hydrogens is 586 g/mol. The van der Waals surface area contributed by atoms with Crippen LogP contribution in [0, 0.1) is 0 Å². The van der Waals surface area contributed by atoms with Crippen LogP contribution >= 0.6 is 15.9 Å². The Bertz CT molecular complexity index is 1710. The summed E-state index contributed by atoms with van der Waals surface area (Å²) in [4.78, 5) is 12.0. The number of hydrogen-bond acceptors (Lipinski definition) is 6. The first-order valence-corrected chi connectivity index (χ1v) is 15.7. The average Bonchev–Trinajstić information content (AvgIpc) is 3.61. The summed E-state index contributed by atoms with van der Waals surface area (Å²) in [5.74, 6) is 0.299. The maximum absolute atomic E-state index is 13.3. The zero-order valence-electron chi connectivity index (χ0n) is 22.0. The lowest BCUT2D eigenvalue weighted by Gasteiger charge is -2.33. The maximum Gasteiger partial charge on any atom is 0.188 e. The highest BCUT2D eigenvalue weighted by molar-refractivity contribution is 9.10. The summed E-state index contributed by atoms with van der Waals surface area (Å²) in [6, 6.07) is 14.8. The highest BCUT2D eigenvalue weighted by atomic mass is 79.9. The smallest absolute Gasteiger partial charge is 0.188 e. The van der Waals surface area contributed by atoms with Gasteiger partial charge in [-0.05, 0) is 82.8 Å². The average molecular weight is 617 g/mol. The fourth-order valence-electron chi connectivity index (χ4n) is 5.60. The van der Waals surface area contributed by atoms with Crippen molar-refractivity contribution >= 4 is 37.0 Å². The molecule has 0 unspecified atom stereocenters. The molecule has 1 saturated heterocycles. The lowest BCUT2D eigenvalue weighted by atomic mass is 9.91. The minimum absolute atomic E-state index is 0.299. The van der Waals surface area contributed by atoms with Gasteiger partial charge < -0.3 is 0 Å². The molecule has 1 aromatic carbocycles. The second kappa shape index (κ2) is 11.2. The van der Waals surface area contributed by atoms with Crippen LogP contribution in [0.4, 0.5) is 0 Å². The Morgan fingerprint density at radius 3 is 2.62 bits per heavy atom. The molecular formula is C31H30BrN5O2S. The summed E-state index contributed by atoms with van der Waals surface area (Å²) >= 11 is 3.62. The molecule has 0 bridgehead atoms. The van der Waals surface area contributed by atoms with E-state index in [9.17, 15) is 8.42 Å². The summed E-state index contributed by atoms with van der Waals surface area (Å²) in [5, 5.41) is 3.94. The Hall–Kier alpha value is -3.40. The third-order valence-corrected chi connectivity index (χ3v) is 10.3. The van der Waals surface area contributed by atoms with E-state index in [0.717, 1.165) is 64.1 Å². The van der Waals surface area contributed by atoms with Gasteiger partial charge >= 0.3 is 0 Å². The molecule has 1 atom stereocenters. The number of allylic oxidation sites excluding steroid dienone is 3. The van der Waals surface area contributed by atoms with Crippen molar-refractivity contribution in [1.82, 2.24) is 24.5 Å². The topological polar surface area (TPSA) is 80.5 Å². The number of aromatic nitrogens is 4. The van der Waals surface area contributed by atoms with Crippen molar-refractivity contribution in [1.29, 1.82) is 0 Å². The summed E-state index contributed by atoms with van der Waals surface area (Å²) in [6.07, 6.45) is 13.6. The van der Waals surface area contributed by atoms with Gasteiger partial charge in [0.2, 0.25) is 0 Å². The predicted molar refractivity (Wildman–Crippen MR) is 161 cm³/mol. The second-order valence-electron chi connectivity index (χ2n) is 10.4. The summed E-state index contributed by atoms with van der Waals surface area (Å²) in [6.45, 7) is 6.77. The van der Waals surface area contributed by atoms with Crippen molar-refractivity contribution in [3.05, 3.63) is 119 Å². The molecule has 4 aromatic rings. The first kappa shape index (κ1) is 26.8. The largest absolute Gasteiger partial charge is 0.299 e. The van der Waals surface area contributed by atoms with Gasteiger partial charge in [0.25, 0.3) is 0 Å². The third kappa shape index (κ3) is 5.33. The molecule has 1 fully saturated rings. The minimum atomic E-state index is -3.46. The molecule has 0 radical (unpaired) electrons. The number of piperidine rings is 1. The number of rotatable bonds is 8. The number of hydrogen-bond donors (Lipinski definition) is 0. The maximum atomic E-state index is 13.3. The molecule has 1 aliphatic heterocycles. The fraction of sp³-hybridized carbons (Fsp3) is 0.258. The van der Waals surface area contributed by atoms with Crippen molar-refractivity contribution in [2.75, 3.05) is 19.6 Å². The van der Waals surface area contributed by atoms with E-state index in [4.69, 9.17) is 4.98 Å². The van der Waals surface area contributed by atoms with Crippen LogP contribution in [0.2, 0.25) is 0 Å². The van der Waals surface area contributed by atoms with Crippen molar-refractivity contribution in [3.8, 4) is 0 Å². The molecule has 1 aliphatic carbocycles. The number of nitrogens with zero attached hydrogens (tertiary/aromatic N) is 5. The van der Waals surface area contributed by atoms with Crippen LogP contribution in [0.1, 0.15) is 35.7 Å². The van der Waals surface area contributed by atoms with E-state index >= 15 is 0 Å². The summed E-state index contributed by atoms with van der Waals surface area (Å²) < 4.78 is 29.3. The van der Waals surface area contributed by atoms with Gasteiger partial charge in [-0.2, -0.15) is 5.10 Å². The summed E-state index contributed by atoms with van der Waals surface area (Å²) in [5.41, 5.74) is 5.77. The Morgan fingerprint density at radius 1 is 1.07 bits per heavy atom. The fourth-order valence-corrected chi connectivity index (χ4v) is 7.63. The molecule has 9 heteroatoms. The zero-order valence-corrected chi connectivity index (χ0v) is 24.4. The van der Waals surface area contributed by atoms with Gasteiger partial charge in [-0.3, -0.25) is 9.88 Å². The van der Waals surface area contributed by atoms with E-state index in [0.29, 0.717) is 23.8 Å². The van der Waals surface area contributed by atoms with Gasteiger partial charge in [0.1, 0.15) is 5.25 Å². The Morgan fingerprint density at radius 2 is 1.88 bits per heavy atom. The standard InChI is InChI=1S/C31H30BrN5O2S/c1-22(17-23-7-6-14-33-19-23)29-18-28(35-31-27(32)20-34-37(29)31)24-12-15-36(16-13-24)21-25-8-5-11-30(25)40(38,39)26-9-3-2-4-10-26/h2-11,14,18-20,24,30H,1,12-13,15-17,21H2/t30-/m0/s1. The first-order valence-electron chi connectivity index (χ1n) is 13.4. The van der Waals surface area contributed by atoms with Crippen molar-refractivity contribution in [2.24, 2.45) is 0 Å². The van der Waals surface area contributed by atoms with Crippen LogP contribution in [0.25, 0.3) is 11.2 Å².